The third-order valence-electron chi connectivity index (χ3n) is 3.62. The van der Waals surface area contributed by atoms with Crippen molar-refractivity contribution in [2.45, 2.75) is 25.7 Å². The summed E-state index contributed by atoms with van der Waals surface area (Å²) in [6.45, 7) is 4.48. The molecule has 2 rings (SSSR count). The van der Waals surface area contributed by atoms with E-state index in [0.29, 0.717) is 0 Å². The fraction of sp³-hybridized carbons (Fsp3) is 0.643. The highest BCUT2D eigenvalue weighted by Crippen LogP contribution is 2.19. The molecule has 0 amide bonds. The molecule has 0 radical (unpaired) electrons. The molecular formula is C14H23N3. The fourth-order valence-electron chi connectivity index (χ4n) is 2.66. The van der Waals surface area contributed by atoms with Crippen molar-refractivity contribution in [2.75, 3.05) is 26.2 Å². The number of aromatic nitrogens is 1. The van der Waals surface area contributed by atoms with Gasteiger partial charge in [0.1, 0.15) is 0 Å². The van der Waals surface area contributed by atoms with Gasteiger partial charge in [-0.1, -0.05) is 6.07 Å². The summed E-state index contributed by atoms with van der Waals surface area (Å²) in [5, 5.41) is 0. The van der Waals surface area contributed by atoms with Crippen LogP contribution in [0.2, 0.25) is 0 Å². The van der Waals surface area contributed by atoms with Crippen molar-refractivity contribution in [2.24, 2.45) is 11.7 Å². The predicted molar refractivity (Wildman–Crippen MR) is 70.8 cm³/mol. The number of piperidine rings is 1. The SMILES string of the molecule is NCCC1CCCN(CCc2cccnc2)C1. The molecule has 2 heterocycles. The normalized spacial score (nSPS) is 21.6. The van der Waals surface area contributed by atoms with Crippen LogP contribution in [0.5, 0.6) is 0 Å². The second-order valence-electron chi connectivity index (χ2n) is 5.00. The standard InChI is InChI=1S/C14H23N3/c15-7-5-14-4-2-9-17(12-14)10-6-13-3-1-8-16-11-13/h1,3,8,11,14H,2,4-7,9-10,12,15H2. The van der Waals surface area contributed by atoms with Crippen LogP contribution in [0.1, 0.15) is 24.8 Å². The zero-order chi connectivity index (χ0) is 11.9. The minimum Gasteiger partial charge on any atom is -0.330 e. The van der Waals surface area contributed by atoms with E-state index in [0.717, 1.165) is 25.4 Å². The van der Waals surface area contributed by atoms with Crippen molar-refractivity contribution in [1.29, 1.82) is 0 Å². The van der Waals surface area contributed by atoms with E-state index in [9.17, 15) is 0 Å². The van der Waals surface area contributed by atoms with Gasteiger partial charge < -0.3 is 10.6 Å². The molecule has 1 aromatic heterocycles. The van der Waals surface area contributed by atoms with E-state index in [1.54, 1.807) is 0 Å². The maximum atomic E-state index is 5.64. The summed E-state index contributed by atoms with van der Waals surface area (Å²) in [6, 6.07) is 4.18. The minimum absolute atomic E-state index is 0.822. The van der Waals surface area contributed by atoms with Crippen LogP contribution in [0.25, 0.3) is 0 Å². The zero-order valence-corrected chi connectivity index (χ0v) is 10.5. The Morgan fingerprint density at radius 1 is 1.47 bits per heavy atom. The predicted octanol–water partition coefficient (Wildman–Crippen LogP) is 1.68. The van der Waals surface area contributed by atoms with Gasteiger partial charge in [0.25, 0.3) is 0 Å². The minimum atomic E-state index is 0.822. The number of nitrogens with zero attached hydrogens (tertiary/aromatic N) is 2. The molecule has 1 aromatic rings. The molecule has 1 unspecified atom stereocenters. The Kier molecular flexibility index (Phi) is 4.95. The van der Waals surface area contributed by atoms with Crippen LogP contribution in [0.15, 0.2) is 24.5 Å². The van der Waals surface area contributed by atoms with E-state index in [-0.39, 0.29) is 0 Å². The van der Waals surface area contributed by atoms with E-state index >= 15 is 0 Å². The van der Waals surface area contributed by atoms with Gasteiger partial charge in [0.05, 0.1) is 0 Å². The highest BCUT2D eigenvalue weighted by Gasteiger charge is 2.18. The lowest BCUT2D eigenvalue weighted by Gasteiger charge is -2.32. The number of pyridine rings is 1. The second kappa shape index (κ2) is 6.72. The number of hydrogen-bond acceptors (Lipinski definition) is 3. The van der Waals surface area contributed by atoms with E-state index < -0.39 is 0 Å². The van der Waals surface area contributed by atoms with Gasteiger partial charge in [0, 0.05) is 25.5 Å². The third kappa shape index (κ3) is 4.10. The summed E-state index contributed by atoms with van der Waals surface area (Å²) in [5.41, 5.74) is 6.98. The monoisotopic (exact) mass is 233 g/mol. The van der Waals surface area contributed by atoms with Crippen LogP contribution in [-0.4, -0.2) is 36.1 Å². The average Bonchev–Trinajstić information content (AvgIpc) is 2.39. The second-order valence-corrected chi connectivity index (χ2v) is 5.00. The highest BCUT2D eigenvalue weighted by atomic mass is 15.1. The Morgan fingerprint density at radius 2 is 2.41 bits per heavy atom. The lowest BCUT2D eigenvalue weighted by molar-refractivity contribution is 0.172. The quantitative estimate of drug-likeness (QED) is 0.841. The maximum Gasteiger partial charge on any atom is 0.0300 e. The van der Waals surface area contributed by atoms with Crippen LogP contribution < -0.4 is 5.73 Å². The smallest absolute Gasteiger partial charge is 0.0300 e. The summed E-state index contributed by atoms with van der Waals surface area (Å²) in [7, 11) is 0. The van der Waals surface area contributed by atoms with Gasteiger partial charge in [-0.3, -0.25) is 4.98 Å². The van der Waals surface area contributed by atoms with E-state index in [4.69, 9.17) is 5.73 Å². The van der Waals surface area contributed by atoms with Crippen molar-refractivity contribution in [3.8, 4) is 0 Å². The van der Waals surface area contributed by atoms with Crippen molar-refractivity contribution < 1.29 is 0 Å². The Balaban J connectivity index is 1.75. The first-order valence-corrected chi connectivity index (χ1v) is 6.70. The molecule has 1 atom stereocenters. The van der Waals surface area contributed by atoms with Crippen molar-refractivity contribution in [3.63, 3.8) is 0 Å². The Morgan fingerprint density at radius 3 is 3.18 bits per heavy atom. The first-order valence-electron chi connectivity index (χ1n) is 6.70. The van der Waals surface area contributed by atoms with Gasteiger partial charge in [-0.25, -0.2) is 0 Å². The molecule has 1 saturated heterocycles. The Labute approximate surface area is 104 Å². The van der Waals surface area contributed by atoms with E-state index in [1.165, 1.54) is 37.9 Å². The van der Waals surface area contributed by atoms with Crippen LogP contribution in [-0.2, 0) is 6.42 Å². The Hall–Kier alpha value is -0.930. The fourth-order valence-corrected chi connectivity index (χ4v) is 2.66. The molecule has 1 aliphatic rings. The summed E-state index contributed by atoms with van der Waals surface area (Å²) in [6.07, 6.45) is 8.80. The van der Waals surface area contributed by atoms with Crippen molar-refractivity contribution in [3.05, 3.63) is 30.1 Å². The van der Waals surface area contributed by atoms with Crippen LogP contribution in [0.4, 0.5) is 0 Å². The van der Waals surface area contributed by atoms with Crippen LogP contribution in [0, 0.1) is 5.92 Å². The molecule has 2 N–H and O–H groups in total. The van der Waals surface area contributed by atoms with E-state index in [1.807, 2.05) is 18.5 Å². The van der Waals surface area contributed by atoms with Gasteiger partial charge in [-0.15, -0.1) is 0 Å². The topological polar surface area (TPSA) is 42.1 Å². The first kappa shape index (κ1) is 12.5. The summed E-state index contributed by atoms with van der Waals surface area (Å²) >= 11 is 0. The Bertz CT molecular complexity index is 311. The number of rotatable bonds is 5. The van der Waals surface area contributed by atoms with Crippen LogP contribution >= 0.6 is 0 Å². The number of hydrogen-bond donors (Lipinski definition) is 1. The van der Waals surface area contributed by atoms with Gasteiger partial charge in [0.2, 0.25) is 0 Å². The lowest BCUT2D eigenvalue weighted by Crippen LogP contribution is -2.37. The summed E-state index contributed by atoms with van der Waals surface area (Å²) in [5.74, 6) is 0.822. The molecule has 0 aliphatic carbocycles. The lowest BCUT2D eigenvalue weighted by atomic mass is 9.94. The molecule has 17 heavy (non-hydrogen) atoms. The van der Waals surface area contributed by atoms with Gasteiger partial charge in [-0.2, -0.15) is 0 Å². The molecule has 3 nitrogen and oxygen atoms in total. The van der Waals surface area contributed by atoms with Crippen molar-refractivity contribution in [1.82, 2.24) is 9.88 Å². The molecule has 3 heteroatoms. The summed E-state index contributed by atoms with van der Waals surface area (Å²) in [4.78, 5) is 6.74. The van der Waals surface area contributed by atoms with Gasteiger partial charge in [0.15, 0.2) is 0 Å². The highest BCUT2D eigenvalue weighted by molar-refractivity contribution is 5.08. The maximum absolute atomic E-state index is 5.64. The molecule has 94 valence electrons. The molecule has 1 aliphatic heterocycles. The molecule has 1 fully saturated rings. The molecular weight excluding hydrogens is 210 g/mol. The van der Waals surface area contributed by atoms with Crippen molar-refractivity contribution >= 4 is 0 Å². The van der Waals surface area contributed by atoms with E-state index in [2.05, 4.69) is 16.0 Å². The third-order valence-corrected chi connectivity index (χ3v) is 3.62. The molecule has 0 aromatic carbocycles. The zero-order valence-electron chi connectivity index (χ0n) is 10.5. The molecule has 0 bridgehead atoms. The largest absolute Gasteiger partial charge is 0.330 e. The first-order chi connectivity index (χ1) is 8.38. The van der Waals surface area contributed by atoms with Gasteiger partial charge >= 0.3 is 0 Å². The molecule has 0 spiro atoms. The molecule has 0 saturated carbocycles. The summed E-state index contributed by atoms with van der Waals surface area (Å²) < 4.78 is 0. The number of nitrogens with two attached hydrogens (primary N) is 1. The number of likely N-dealkylation sites (tertiary alicyclic amines) is 1. The van der Waals surface area contributed by atoms with Crippen LogP contribution in [0.3, 0.4) is 0 Å². The van der Waals surface area contributed by atoms with Gasteiger partial charge in [-0.05, 0) is 56.3 Å². The average molecular weight is 233 g/mol.